The van der Waals surface area contributed by atoms with E-state index in [1.807, 2.05) is 0 Å². The number of pyridine rings is 1. The van der Waals surface area contributed by atoms with Gasteiger partial charge in [-0.15, -0.1) is 0 Å². The molecule has 2 aromatic heterocycles. The molecule has 2 heterocycles. The van der Waals surface area contributed by atoms with Crippen LogP contribution in [0, 0.1) is 5.95 Å². The molecule has 0 atom stereocenters. The van der Waals surface area contributed by atoms with Crippen LogP contribution in [0.15, 0.2) is 65.8 Å². The summed E-state index contributed by atoms with van der Waals surface area (Å²) in [5, 5.41) is 10.9. The normalized spacial score (nSPS) is 11.3. The van der Waals surface area contributed by atoms with Gasteiger partial charge in [0.2, 0.25) is 5.95 Å². The molecule has 0 saturated heterocycles. The average Bonchev–Trinajstić information content (AvgIpc) is 3.07. The van der Waals surface area contributed by atoms with Crippen molar-refractivity contribution in [2.24, 2.45) is 0 Å². The number of carboxylic acid groups (broad SMARTS) is 1. The number of aromatic nitrogens is 2. The fourth-order valence-electron chi connectivity index (χ4n) is 2.63. The van der Waals surface area contributed by atoms with Crippen molar-refractivity contribution in [2.45, 2.75) is 11.3 Å². The Bertz CT molecular complexity index is 1070. The zero-order valence-corrected chi connectivity index (χ0v) is 14.9. The van der Waals surface area contributed by atoms with Crippen molar-refractivity contribution < 1.29 is 22.7 Å². The maximum absolute atomic E-state index is 14.2. The van der Waals surface area contributed by atoms with Crippen molar-refractivity contribution in [3.8, 4) is 11.3 Å². The first-order chi connectivity index (χ1) is 12.9. The number of nitrogens with one attached hydrogen (secondary N) is 1. The van der Waals surface area contributed by atoms with Gasteiger partial charge in [-0.25, -0.2) is 22.2 Å². The SMILES string of the molecule is O=C(O)NCCc1cc(-c2cccnc2F)n(S(=O)(=O)c2ccccc2)c1. The Labute approximate surface area is 155 Å². The fraction of sp³-hybridized carbons (Fsp3) is 0.111. The number of rotatable bonds is 6. The molecule has 0 radical (unpaired) electrons. The molecule has 0 unspecified atom stereocenters. The summed E-state index contributed by atoms with van der Waals surface area (Å²) in [6, 6.07) is 12.2. The lowest BCUT2D eigenvalue weighted by atomic mass is 10.1. The highest BCUT2D eigenvalue weighted by Crippen LogP contribution is 2.28. The minimum Gasteiger partial charge on any atom is -0.465 e. The number of benzene rings is 1. The van der Waals surface area contributed by atoms with Crippen LogP contribution in [-0.4, -0.2) is 35.1 Å². The van der Waals surface area contributed by atoms with Gasteiger partial charge in [0.05, 0.1) is 16.2 Å². The quantitative estimate of drug-likeness (QED) is 0.631. The number of carbonyl (C=O) groups is 1. The number of nitrogens with zero attached hydrogens (tertiary/aromatic N) is 2. The van der Waals surface area contributed by atoms with E-state index in [1.54, 1.807) is 18.2 Å². The molecule has 0 aliphatic heterocycles. The Hall–Kier alpha value is -3.20. The highest BCUT2D eigenvalue weighted by atomic mass is 32.2. The Balaban J connectivity index is 2.10. The van der Waals surface area contributed by atoms with Gasteiger partial charge in [-0.05, 0) is 42.3 Å². The van der Waals surface area contributed by atoms with Crippen LogP contribution in [0.1, 0.15) is 5.56 Å². The van der Waals surface area contributed by atoms with Gasteiger partial charge in [0, 0.05) is 18.9 Å². The van der Waals surface area contributed by atoms with E-state index >= 15 is 0 Å². The Morgan fingerprint density at radius 1 is 1.19 bits per heavy atom. The minimum absolute atomic E-state index is 0.0365. The summed E-state index contributed by atoms with van der Waals surface area (Å²) in [7, 11) is -3.97. The van der Waals surface area contributed by atoms with Crippen LogP contribution in [0.4, 0.5) is 9.18 Å². The van der Waals surface area contributed by atoms with Crippen LogP contribution in [-0.2, 0) is 16.4 Å². The van der Waals surface area contributed by atoms with E-state index in [9.17, 15) is 17.6 Å². The molecule has 9 heteroatoms. The minimum atomic E-state index is -3.97. The van der Waals surface area contributed by atoms with Gasteiger partial charge in [0.1, 0.15) is 0 Å². The second-order valence-electron chi connectivity index (χ2n) is 5.67. The highest BCUT2D eigenvalue weighted by molar-refractivity contribution is 7.90. The van der Waals surface area contributed by atoms with Crippen molar-refractivity contribution in [2.75, 3.05) is 6.54 Å². The largest absolute Gasteiger partial charge is 0.465 e. The van der Waals surface area contributed by atoms with Crippen molar-refractivity contribution in [1.29, 1.82) is 0 Å². The summed E-state index contributed by atoms with van der Waals surface area (Å²) in [4.78, 5) is 14.2. The molecule has 0 aliphatic carbocycles. The second kappa shape index (κ2) is 7.58. The lowest BCUT2D eigenvalue weighted by molar-refractivity contribution is 0.194. The molecule has 0 aliphatic rings. The fourth-order valence-corrected chi connectivity index (χ4v) is 4.04. The summed E-state index contributed by atoms with van der Waals surface area (Å²) in [5.74, 6) is -0.796. The average molecular weight is 389 g/mol. The number of halogens is 1. The van der Waals surface area contributed by atoms with Gasteiger partial charge in [-0.1, -0.05) is 18.2 Å². The zero-order valence-electron chi connectivity index (χ0n) is 14.0. The molecule has 140 valence electrons. The molecule has 0 saturated carbocycles. The molecule has 3 aromatic rings. The molecule has 1 aromatic carbocycles. The topological polar surface area (TPSA) is 101 Å². The predicted octanol–water partition coefficient (Wildman–Crippen LogP) is 2.74. The molecule has 0 spiro atoms. The molecule has 0 fully saturated rings. The second-order valence-corrected chi connectivity index (χ2v) is 7.49. The van der Waals surface area contributed by atoms with Crippen LogP contribution in [0.5, 0.6) is 0 Å². The van der Waals surface area contributed by atoms with Gasteiger partial charge >= 0.3 is 6.09 Å². The number of hydrogen-bond acceptors (Lipinski definition) is 4. The first-order valence-corrected chi connectivity index (χ1v) is 9.43. The lowest BCUT2D eigenvalue weighted by Gasteiger charge is -2.10. The molecule has 27 heavy (non-hydrogen) atoms. The molecular weight excluding hydrogens is 373 g/mol. The Kier molecular flexibility index (Phi) is 5.22. The predicted molar refractivity (Wildman–Crippen MR) is 96.4 cm³/mol. The Morgan fingerprint density at radius 3 is 2.59 bits per heavy atom. The van der Waals surface area contributed by atoms with Crippen molar-refractivity contribution in [3.63, 3.8) is 0 Å². The van der Waals surface area contributed by atoms with E-state index < -0.39 is 22.1 Å². The van der Waals surface area contributed by atoms with E-state index in [4.69, 9.17) is 5.11 Å². The third-order valence-corrected chi connectivity index (χ3v) is 5.56. The van der Waals surface area contributed by atoms with E-state index in [-0.39, 0.29) is 29.1 Å². The van der Waals surface area contributed by atoms with E-state index in [0.717, 1.165) is 3.97 Å². The van der Waals surface area contributed by atoms with Gasteiger partial charge < -0.3 is 10.4 Å². The Morgan fingerprint density at radius 2 is 1.93 bits per heavy atom. The molecule has 3 rings (SSSR count). The third kappa shape index (κ3) is 3.98. The highest BCUT2D eigenvalue weighted by Gasteiger charge is 2.23. The lowest BCUT2D eigenvalue weighted by Crippen LogP contribution is -2.23. The molecule has 0 bridgehead atoms. The summed E-state index contributed by atoms with van der Waals surface area (Å²) in [6.45, 7) is 0.0969. The van der Waals surface area contributed by atoms with E-state index in [1.165, 1.54) is 42.7 Å². The number of hydrogen-bond donors (Lipinski definition) is 2. The maximum atomic E-state index is 14.2. The molecule has 1 amide bonds. The van der Waals surface area contributed by atoms with Crippen molar-refractivity contribution in [3.05, 3.63) is 72.4 Å². The molecule has 7 nitrogen and oxygen atoms in total. The summed E-state index contributed by atoms with van der Waals surface area (Å²) < 4.78 is 41.3. The van der Waals surface area contributed by atoms with Crippen molar-refractivity contribution in [1.82, 2.24) is 14.3 Å². The van der Waals surface area contributed by atoms with Gasteiger partial charge in [0.25, 0.3) is 10.0 Å². The van der Waals surface area contributed by atoms with Crippen LogP contribution in [0.2, 0.25) is 0 Å². The summed E-state index contributed by atoms with van der Waals surface area (Å²) in [5.41, 5.74) is 0.700. The molecule has 2 N–H and O–H groups in total. The monoisotopic (exact) mass is 389 g/mol. The molecular formula is C18H16FN3O4S. The standard InChI is InChI=1S/C18H16FN3O4S/c19-17-15(7-4-9-20-17)16-11-13(8-10-21-18(23)24)12-22(16)27(25,26)14-5-2-1-3-6-14/h1-7,9,11-12,21H,8,10H2,(H,23,24). The smallest absolute Gasteiger partial charge is 0.404 e. The first kappa shape index (κ1) is 18.6. The third-order valence-electron chi connectivity index (χ3n) is 3.87. The summed E-state index contributed by atoms with van der Waals surface area (Å²) >= 11 is 0. The van der Waals surface area contributed by atoms with E-state index in [0.29, 0.717) is 5.56 Å². The first-order valence-electron chi connectivity index (χ1n) is 7.99. The number of amides is 1. The van der Waals surface area contributed by atoms with Gasteiger partial charge in [-0.2, -0.15) is 4.39 Å². The maximum Gasteiger partial charge on any atom is 0.404 e. The van der Waals surface area contributed by atoms with Crippen molar-refractivity contribution >= 4 is 16.1 Å². The zero-order chi connectivity index (χ0) is 19.4. The van der Waals surface area contributed by atoms with Crippen LogP contribution < -0.4 is 5.32 Å². The van der Waals surface area contributed by atoms with Crippen LogP contribution in [0.3, 0.4) is 0 Å². The van der Waals surface area contributed by atoms with E-state index in [2.05, 4.69) is 10.3 Å². The summed E-state index contributed by atoms with van der Waals surface area (Å²) in [6.07, 6.45) is 1.71. The van der Waals surface area contributed by atoms with Gasteiger partial charge in [-0.3, -0.25) is 0 Å². The van der Waals surface area contributed by atoms with Crippen LogP contribution in [0.25, 0.3) is 11.3 Å². The van der Waals surface area contributed by atoms with Gasteiger partial charge in [0.15, 0.2) is 0 Å². The van der Waals surface area contributed by atoms with Crippen LogP contribution >= 0.6 is 0 Å².